The molecule has 1 saturated heterocycles. The predicted octanol–water partition coefficient (Wildman–Crippen LogP) is 0.480. The molecule has 0 amide bonds. The van der Waals surface area contributed by atoms with Crippen LogP contribution in [0.3, 0.4) is 0 Å². The normalized spacial score (nSPS) is 23.5. The number of rotatable bonds is 4. The fourth-order valence-electron chi connectivity index (χ4n) is 1.61. The molecule has 1 fully saturated rings. The average Bonchev–Trinajstić information content (AvgIpc) is 2.75. The zero-order valence-corrected chi connectivity index (χ0v) is 10.2. The quantitative estimate of drug-likeness (QED) is 0.820. The fourth-order valence-corrected chi connectivity index (χ4v) is 1.61. The van der Waals surface area contributed by atoms with Crippen LogP contribution in [0, 0.1) is 0 Å². The first-order valence-electron chi connectivity index (χ1n) is 5.35. The van der Waals surface area contributed by atoms with Crippen LogP contribution in [0.2, 0.25) is 0 Å². The van der Waals surface area contributed by atoms with Gasteiger partial charge in [-0.05, 0) is 13.3 Å². The third-order valence-corrected chi connectivity index (χ3v) is 2.59. The van der Waals surface area contributed by atoms with E-state index in [-0.39, 0.29) is 17.6 Å². The first-order chi connectivity index (χ1) is 8.15. The molecule has 0 saturated carbocycles. The van der Waals surface area contributed by atoms with Gasteiger partial charge in [0.25, 0.3) is 0 Å². The van der Waals surface area contributed by atoms with Gasteiger partial charge in [0.15, 0.2) is 0 Å². The summed E-state index contributed by atoms with van der Waals surface area (Å²) in [6.07, 6.45) is 0.906. The fraction of sp³-hybridized carbons (Fsp3) is 0.700. The van der Waals surface area contributed by atoms with E-state index in [9.17, 15) is 0 Å². The topological polar surface area (TPSA) is 78.4 Å². The van der Waals surface area contributed by atoms with Crippen molar-refractivity contribution in [1.29, 1.82) is 0 Å². The van der Waals surface area contributed by atoms with Crippen LogP contribution in [0.4, 0.5) is 5.95 Å². The second-order valence-corrected chi connectivity index (χ2v) is 4.12. The number of hydrogen-bond donors (Lipinski definition) is 1. The number of methoxy groups -OCH3 is 2. The van der Waals surface area contributed by atoms with Crippen LogP contribution < -0.4 is 14.8 Å². The lowest BCUT2D eigenvalue weighted by Crippen LogP contribution is -2.35. The lowest BCUT2D eigenvalue weighted by atomic mass is 10.0. The molecule has 1 atom stereocenters. The van der Waals surface area contributed by atoms with Crippen LogP contribution in [-0.2, 0) is 4.74 Å². The van der Waals surface area contributed by atoms with Gasteiger partial charge in [-0.15, -0.1) is 4.98 Å². The van der Waals surface area contributed by atoms with Gasteiger partial charge in [0.2, 0.25) is 5.95 Å². The maximum absolute atomic E-state index is 5.35. The summed E-state index contributed by atoms with van der Waals surface area (Å²) in [6, 6.07) is 0.448. The van der Waals surface area contributed by atoms with E-state index in [4.69, 9.17) is 14.2 Å². The SMILES string of the molecule is COc1nc(NC2(C)CCOC2)nc(OC)n1. The lowest BCUT2D eigenvalue weighted by Gasteiger charge is -2.23. The zero-order chi connectivity index (χ0) is 12.3. The molecule has 2 heterocycles. The van der Waals surface area contributed by atoms with E-state index in [1.54, 1.807) is 0 Å². The summed E-state index contributed by atoms with van der Waals surface area (Å²) in [5.41, 5.74) is -0.155. The van der Waals surface area contributed by atoms with E-state index < -0.39 is 0 Å². The highest BCUT2D eigenvalue weighted by atomic mass is 16.5. The predicted molar refractivity (Wildman–Crippen MR) is 60.4 cm³/mol. The number of nitrogens with one attached hydrogen (secondary N) is 1. The molecule has 7 heteroatoms. The molecule has 94 valence electrons. The van der Waals surface area contributed by atoms with E-state index >= 15 is 0 Å². The van der Waals surface area contributed by atoms with E-state index in [2.05, 4.69) is 27.2 Å². The van der Waals surface area contributed by atoms with Crippen LogP contribution in [0.25, 0.3) is 0 Å². The smallest absolute Gasteiger partial charge is 0.324 e. The van der Waals surface area contributed by atoms with Gasteiger partial charge < -0.3 is 19.5 Å². The van der Waals surface area contributed by atoms with Crippen molar-refractivity contribution < 1.29 is 14.2 Å². The highest BCUT2D eigenvalue weighted by Gasteiger charge is 2.30. The number of ether oxygens (including phenoxy) is 3. The lowest BCUT2D eigenvalue weighted by molar-refractivity contribution is 0.185. The van der Waals surface area contributed by atoms with Gasteiger partial charge in [0, 0.05) is 6.61 Å². The molecule has 7 nitrogen and oxygen atoms in total. The van der Waals surface area contributed by atoms with Gasteiger partial charge in [0.1, 0.15) is 0 Å². The van der Waals surface area contributed by atoms with Gasteiger partial charge in [-0.1, -0.05) is 0 Å². The average molecular weight is 240 g/mol. The Morgan fingerprint density at radius 2 is 1.82 bits per heavy atom. The number of nitrogens with zero attached hydrogens (tertiary/aromatic N) is 3. The standard InChI is InChI=1S/C10H16N4O3/c1-10(4-5-17-6-10)14-7-11-8(15-2)13-9(12-7)16-3/h4-6H2,1-3H3,(H,11,12,13,14). The van der Waals surface area contributed by atoms with Crippen LogP contribution in [0.5, 0.6) is 12.0 Å². The Balaban J connectivity index is 2.19. The third-order valence-electron chi connectivity index (χ3n) is 2.59. The Bertz CT molecular complexity index is 371. The molecule has 1 aromatic heterocycles. The molecule has 1 aliphatic rings. The first-order valence-corrected chi connectivity index (χ1v) is 5.35. The van der Waals surface area contributed by atoms with Gasteiger partial charge in [-0.3, -0.25) is 0 Å². The Labute approximate surface area is 99.5 Å². The second-order valence-electron chi connectivity index (χ2n) is 4.12. The van der Waals surface area contributed by atoms with Gasteiger partial charge in [0.05, 0.1) is 26.4 Å². The summed E-state index contributed by atoms with van der Waals surface area (Å²) in [4.78, 5) is 12.2. The summed E-state index contributed by atoms with van der Waals surface area (Å²) in [5.74, 6) is 0.432. The maximum atomic E-state index is 5.35. The summed E-state index contributed by atoms with van der Waals surface area (Å²) in [7, 11) is 3.00. The van der Waals surface area contributed by atoms with Crippen molar-refractivity contribution in [2.24, 2.45) is 0 Å². The van der Waals surface area contributed by atoms with E-state index in [1.165, 1.54) is 14.2 Å². The highest BCUT2D eigenvalue weighted by molar-refractivity contribution is 5.32. The van der Waals surface area contributed by atoms with Crippen LogP contribution >= 0.6 is 0 Å². The second kappa shape index (κ2) is 4.70. The minimum absolute atomic E-state index is 0.155. The molecule has 0 aliphatic carbocycles. The molecule has 2 rings (SSSR count). The van der Waals surface area contributed by atoms with Crippen molar-refractivity contribution in [3.63, 3.8) is 0 Å². The molecule has 1 aromatic rings. The molecule has 0 radical (unpaired) electrons. The Morgan fingerprint density at radius 1 is 1.18 bits per heavy atom. The van der Waals surface area contributed by atoms with Crippen molar-refractivity contribution in [2.45, 2.75) is 18.9 Å². The summed E-state index contributed by atoms with van der Waals surface area (Å²) in [6.45, 7) is 3.43. The minimum Gasteiger partial charge on any atom is -0.467 e. The van der Waals surface area contributed by atoms with E-state index in [0.29, 0.717) is 12.6 Å². The van der Waals surface area contributed by atoms with Gasteiger partial charge in [-0.25, -0.2) is 0 Å². The minimum atomic E-state index is -0.155. The first kappa shape index (κ1) is 11.8. The Hall–Kier alpha value is -1.63. The van der Waals surface area contributed by atoms with Crippen molar-refractivity contribution in [2.75, 3.05) is 32.8 Å². The molecule has 0 bridgehead atoms. The van der Waals surface area contributed by atoms with Crippen molar-refractivity contribution in [1.82, 2.24) is 15.0 Å². The molecular weight excluding hydrogens is 224 g/mol. The van der Waals surface area contributed by atoms with Crippen molar-refractivity contribution in [3.05, 3.63) is 0 Å². The van der Waals surface area contributed by atoms with E-state index in [1.807, 2.05) is 0 Å². The number of anilines is 1. The highest BCUT2D eigenvalue weighted by Crippen LogP contribution is 2.23. The third kappa shape index (κ3) is 2.73. The zero-order valence-electron chi connectivity index (χ0n) is 10.2. The van der Waals surface area contributed by atoms with E-state index in [0.717, 1.165) is 13.0 Å². The molecule has 0 spiro atoms. The van der Waals surface area contributed by atoms with Gasteiger partial charge in [-0.2, -0.15) is 9.97 Å². The maximum Gasteiger partial charge on any atom is 0.324 e. The van der Waals surface area contributed by atoms with Crippen molar-refractivity contribution >= 4 is 5.95 Å². The molecule has 1 unspecified atom stereocenters. The Morgan fingerprint density at radius 3 is 2.29 bits per heavy atom. The molecule has 1 aliphatic heterocycles. The van der Waals surface area contributed by atoms with Crippen LogP contribution in [-0.4, -0.2) is 47.9 Å². The molecular formula is C10H16N4O3. The summed E-state index contributed by atoms with van der Waals surface area (Å²) < 4.78 is 15.3. The Kier molecular flexibility index (Phi) is 3.28. The monoisotopic (exact) mass is 240 g/mol. The number of aromatic nitrogens is 3. The van der Waals surface area contributed by atoms with Gasteiger partial charge >= 0.3 is 12.0 Å². The van der Waals surface area contributed by atoms with Crippen molar-refractivity contribution in [3.8, 4) is 12.0 Å². The van der Waals surface area contributed by atoms with Crippen LogP contribution in [0.15, 0.2) is 0 Å². The largest absolute Gasteiger partial charge is 0.467 e. The molecule has 17 heavy (non-hydrogen) atoms. The number of hydrogen-bond acceptors (Lipinski definition) is 7. The van der Waals surface area contributed by atoms with Crippen LogP contribution in [0.1, 0.15) is 13.3 Å². The molecule has 0 aromatic carbocycles. The summed E-state index contributed by atoms with van der Waals surface area (Å²) >= 11 is 0. The summed E-state index contributed by atoms with van der Waals surface area (Å²) in [5, 5.41) is 3.22. The molecule has 1 N–H and O–H groups in total.